The van der Waals surface area contributed by atoms with Gasteiger partial charge in [0.05, 0.1) is 6.34 Å². The fourth-order valence-corrected chi connectivity index (χ4v) is 2.61. The van der Waals surface area contributed by atoms with Crippen LogP contribution in [0.5, 0.6) is 0 Å². The fraction of sp³-hybridized carbons (Fsp3) is 0.222. The SMILES string of the molecule is C=CC(C)Cc1ccc(Cl)cc1C(=C)C=P/C=C/NC=NC. The summed E-state index contributed by atoms with van der Waals surface area (Å²) >= 11 is 6.13. The van der Waals surface area contributed by atoms with Crippen LogP contribution in [0.25, 0.3) is 5.57 Å². The molecule has 0 aromatic heterocycles. The van der Waals surface area contributed by atoms with Crippen molar-refractivity contribution in [1.29, 1.82) is 0 Å². The summed E-state index contributed by atoms with van der Waals surface area (Å²) in [5.74, 6) is 4.47. The molecule has 0 aliphatic heterocycles. The van der Waals surface area contributed by atoms with Crippen molar-refractivity contribution in [1.82, 2.24) is 5.32 Å². The minimum absolute atomic E-state index is 0.419. The molecule has 0 bridgehead atoms. The molecular weight excluding hydrogens is 311 g/mol. The Morgan fingerprint density at radius 1 is 1.50 bits per heavy atom. The molecular formula is C18H22ClN2P. The molecule has 4 heteroatoms. The van der Waals surface area contributed by atoms with E-state index in [1.807, 2.05) is 30.2 Å². The quantitative estimate of drug-likeness (QED) is 0.301. The van der Waals surface area contributed by atoms with Crippen LogP contribution in [0.2, 0.25) is 5.02 Å². The molecule has 0 aliphatic carbocycles. The van der Waals surface area contributed by atoms with Gasteiger partial charge in [0.1, 0.15) is 0 Å². The highest BCUT2D eigenvalue weighted by atomic mass is 35.5. The van der Waals surface area contributed by atoms with Gasteiger partial charge in [-0.3, -0.25) is 4.99 Å². The molecule has 0 amide bonds. The number of benzene rings is 1. The minimum atomic E-state index is 0.419. The van der Waals surface area contributed by atoms with Crippen molar-refractivity contribution in [3.05, 3.63) is 65.6 Å². The molecule has 2 nitrogen and oxygen atoms in total. The van der Waals surface area contributed by atoms with E-state index in [4.69, 9.17) is 11.6 Å². The third kappa shape index (κ3) is 6.43. The van der Waals surface area contributed by atoms with Gasteiger partial charge in [-0.05, 0) is 52.8 Å². The Labute approximate surface area is 140 Å². The molecule has 0 radical (unpaired) electrons. The molecule has 0 saturated carbocycles. The zero-order chi connectivity index (χ0) is 16.4. The molecule has 0 spiro atoms. The lowest BCUT2D eigenvalue weighted by molar-refractivity contribution is 0.724. The summed E-state index contributed by atoms with van der Waals surface area (Å²) in [6.07, 6.45) is 6.38. The smallest absolute Gasteiger partial charge is 0.0859 e. The standard InChI is InChI=1S/C18H22ClN2P/c1-5-14(2)10-16-6-7-17(19)11-18(16)15(3)12-22-9-8-21-13-20-4/h5-9,11-14H,1,3,10H2,2,4H3,(H,20,21)/b9-8+. The van der Waals surface area contributed by atoms with Crippen LogP contribution in [-0.2, 0) is 6.42 Å². The van der Waals surface area contributed by atoms with Crippen molar-refractivity contribution in [3.63, 3.8) is 0 Å². The number of hydrogen-bond acceptors (Lipinski definition) is 1. The van der Waals surface area contributed by atoms with Crippen molar-refractivity contribution in [2.45, 2.75) is 13.3 Å². The van der Waals surface area contributed by atoms with Gasteiger partial charge in [0, 0.05) is 18.3 Å². The molecule has 22 heavy (non-hydrogen) atoms. The summed E-state index contributed by atoms with van der Waals surface area (Å²) in [5.41, 5.74) is 3.32. The van der Waals surface area contributed by atoms with E-state index in [2.05, 4.69) is 42.3 Å². The number of allylic oxidation sites excluding steroid dienone is 2. The summed E-state index contributed by atoms with van der Waals surface area (Å²) in [6.45, 7) is 10.2. The zero-order valence-electron chi connectivity index (χ0n) is 13.1. The van der Waals surface area contributed by atoms with Crippen LogP contribution in [-0.4, -0.2) is 19.2 Å². The van der Waals surface area contributed by atoms with Crippen LogP contribution in [0, 0.1) is 5.92 Å². The predicted molar refractivity (Wildman–Crippen MR) is 103 cm³/mol. The van der Waals surface area contributed by atoms with Gasteiger partial charge >= 0.3 is 0 Å². The molecule has 1 atom stereocenters. The van der Waals surface area contributed by atoms with Gasteiger partial charge in [-0.25, -0.2) is 0 Å². The second-order valence-electron chi connectivity index (χ2n) is 4.89. The lowest BCUT2D eigenvalue weighted by Gasteiger charge is -2.12. The molecule has 1 aromatic carbocycles. The normalized spacial score (nSPS) is 13.0. The lowest BCUT2D eigenvalue weighted by atomic mass is 9.94. The summed E-state index contributed by atoms with van der Waals surface area (Å²) in [5, 5.41) is 3.67. The van der Waals surface area contributed by atoms with E-state index >= 15 is 0 Å². The topological polar surface area (TPSA) is 24.4 Å². The van der Waals surface area contributed by atoms with Crippen LogP contribution in [0.3, 0.4) is 0 Å². The Morgan fingerprint density at radius 2 is 2.27 bits per heavy atom. The van der Waals surface area contributed by atoms with Crippen molar-refractivity contribution in [3.8, 4) is 0 Å². The van der Waals surface area contributed by atoms with E-state index < -0.39 is 0 Å². The number of nitrogens with zero attached hydrogens (tertiary/aromatic N) is 1. The summed E-state index contributed by atoms with van der Waals surface area (Å²) in [4.78, 5) is 3.83. The van der Waals surface area contributed by atoms with Gasteiger partial charge in [-0.1, -0.05) is 45.5 Å². The number of hydrogen-bond donors (Lipinski definition) is 1. The maximum atomic E-state index is 6.13. The summed E-state index contributed by atoms with van der Waals surface area (Å²) < 4.78 is 0. The first-order valence-electron chi connectivity index (χ1n) is 7.03. The molecule has 0 heterocycles. The zero-order valence-corrected chi connectivity index (χ0v) is 14.7. The Hall–Kier alpha value is -1.63. The van der Waals surface area contributed by atoms with Gasteiger partial charge in [-0.15, -0.1) is 6.58 Å². The Bertz CT molecular complexity index is 603. The van der Waals surface area contributed by atoms with Gasteiger partial charge in [0.25, 0.3) is 0 Å². The van der Waals surface area contributed by atoms with Gasteiger partial charge < -0.3 is 5.32 Å². The fourth-order valence-electron chi connectivity index (χ4n) is 1.86. The maximum Gasteiger partial charge on any atom is 0.0859 e. The monoisotopic (exact) mass is 332 g/mol. The number of nitrogens with one attached hydrogen (secondary N) is 1. The van der Waals surface area contributed by atoms with Crippen LogP contribution >= 0.6 is 19.8 Å². The van der Waals surface area contributed by atoms with Crippen molar-refractivity contribution in [2.24, 2.45) is 10.9 Å². The Morgan fingerprint density at radius 3 is 2.95 bits per heavy atom. The third-order valence-electron chi connectivity index (χ3n) is 3.05. The highest BCUT2D eigenvalue weighted by Crippen LogP contribution is 2.25. The van der Waals surface area contributed by atoms with Crippen molar-refractivity contribution in [2.75, 3.05) is 7.05 Å². The van der Waals surface area contributed by atoms with Crippen molar-refractivity contribution >= 4 is 37.5 Å². The van der Waals surface area contributed by atoms with E-state index in [-0.39, 0.29) is 0 Å². The predicted octanol–water partition coefficient (Wildman–Crippen LogP) is 5.19. The first-order chi connectivity index (χ1) is 10.6. The molecule has 0 aliphatic rings. The second kappa shape index (κ2) is 10.2. The largest absolute Gasteiger partial charge is 0.353 e. The molecule has 1 rings (SSSR count). The summed E-state index contributed by atoms with van der Waals surface area (Å²) in [6, 6.07) is 5.98. The number of aliphatic imine (C=N–C) groups is 1. The molecule has 116 valence electrons. The molecule has 1 aromatic rings. The minimum Gasteiger partial charge on any atom is -0.353 e. The van der Waals surface area contributed by atoms with Crippen molar-refractivity contribution < 1.29 is 0 Å². The van der Waals surface area contributed by atoms with Crippen LogP contribution in [0.1, 0.15) is 18.1 Å². The lowest BCUT2D eigenvalue weighted by Crippen LogP contribution is -2.00. The van der Waals surface area contributed by atoms with Crippen LogP contribution in [0.15, 0.2) is 54.4 Å². The molecule has 1 N–H and O–H groups in total. The van der Waals surface area contributed by atoms with E-state index in [0.717, 1.165) is 30.8 Å². The van der Waals surface area contributed by atoms with E-state index in [0.29, 0.717) is 5.92 Å². The number of halogens is 1. The average molecular weight is 333 g/mol. The molecule has 0 saturated heterocycles. The Balaban J connectivity index is 2.87. The third-order valence-corrected chi connectivity index (χ3v) is 4.07. The van der Waals surface area contributed by atoms with E-state index in [1.165, 1.54) is 5.56 Å². The second-order valence-corrected chi connectivity index (χ2v) is 6.18. The molecule has 0 fully saturated rings. The Kier molecular flexibility index (Phi) is 8.50. The summed E-state index contributed by atoms with van der Waals surface area (Å²) in [7, 11) is 2.77. The van der Waals surface area contributed by atoms with E-state index in [9.17, 15) is 0 Å². The highest BCUT2D eigenvalue weighted by molar-refractivity contribution is 7.43. The molecule has 1 unspecified atom stereocenters. The first kappa shape index (κ1) is 18.4. The van der Waals surface area contributed by atoms with Crippen LogP contribution < -0.4 is 5.32 Å². The average Bonchev–Trinajstić information content (AvgIpc) is 2.52. The number of rotatable bonds is 8. The van der Waals surface area contributed by atoms with Gasteiger partial charge in [0.15, 0.2) is 0 Å². The van der Waals surface area contributed by atoms with Gasteiger partial charge in [-0.2, -0.15) is 0 Å². The van der Waals surface area contributed by atoms with Crippen LogP contribution in [0.4, 0.5) is 0 Å². The highest BCUT2D eigenvalue weighted by Gasteiger charge is 2.08. The van der Waals surface area contributed by atoms with Gasteiger partial charge in [0.2, 0.25) is 0 Å². The maximum absolute atomic E-state index is 6.13. The van der Waals surface area contributed by atoms with E-state index in [1.54, 1.807) is 13.4 Å². The first-order valence-corrected chi connectivity index (χ1v) is 8.44.